The standard InChI is InChI=1S/C12H13N3OS/c1-8-3-4-10(5-9(8)2)11(16)6-17-12-13-7-14-15-12/h3-5,7H,6H2,1-2H3,(H,13,14,15). The van der Waals surface area contributed by atoms with Crippen LogP contribution in [0.25, 0.3) is 0 Å². The van der Waals surface area contributed by atoms with Gasteiger partial charge < -0.3 is 0 Å². The van der Waals surface area contributed by atoms with E-state index in [1.165, 1.54) is 23.7 Å². The number of aromatic nitrogens is 3. The van der Waals surface area contributed by atoms with Crippen LogP contribution in [0.15, 0.2) is 29.7 Å². The van der Waals surface area contributed by atoms with Crippen molar-refractivity contribution in [3.8, 4) is 0 Å². The maximum Gasteiger partial charge on any atom is 0.208 e. The molecular weight excluding hydrogens is 234 g/mol. The Kier molecular flexibility index (Phi) is 3.58. The number of benzene rings is 1. The fourth-order valence-electron chi connectivity index (χ4n) is 1.39. The summed E-state index contributed by atoms with van der Waals surface area (Å²) in [5.41, 5.74) is 3.08. The number of ketones is 1. The van der Waals surface area contributed by atoms with Crippen molar-refractivity contribution in [1.29, 1.82) is 0 Å². The second-order valence-electron chi connectivity index (χ2n) is 3.79. The third kappa shape index (κ3) is 2.94. The van der Waals surface area contributed by atoms with E-state index < -0.39 is 0 Å². The molecule has 1 aromatic heterocycles. The zero-order valence-corrected chi connectivity index (χ0v) is 10.5. The molecule has 0 saturated heterocycles. The van der Waals surface area contributed by atoms with Crippen LogP contribution >= 0.6 is 11.8 Å². The molecule has 0 aliphatic rings. The van der Waals surface area contributed by atoms with Gasteiger partial charge in [-0.25, -0.2) is 4.98 Å². The summed E-state index contributed by atoms with van der Waals surface area (Å²) >= 11 is 1.34. The molecule has 17 heavy (non-hydrogen) atoms. The Hall–Kier alpha value is -1.62. The number of aryl methyl sites for hydroxylation is 2. The van der Waals surface area contributed by atoms with Crippen LogP contribution in [0, 0.1) is 13.8 Å². The van der Waals surface area contributed by atoms with E-state index in [4.69, 9.17) is 0 Å². The summed E-state index contributed by atoms with van der Waals surface area (Å²) in [5.74, 6) is 0.461. The van der Waals surface area contributed by atoms with Crippen molar-refractivity contribution in [1.82, 2.24) is 15.2 Å². The van der Waals surface area contributed by atoms with E-state index >= 15 is 0 Å². The molecule has 0 saturated carbocycles. The van der Waals surface area contributed by atoms with Crippen molar-refractivity contribution in [2.75, 3.05) is 5.75 Å². The summed E-state index contributed by atoms with van der Waals surface area (Å²) in [6.07, 6.45) is 1.50. The molecule has 0 aliphatic carbocycles. The number of hydrogen-bond donors (Lipinski definition) is 1. The molecule has 1 aromatic carbocycles. The van der Waals surface area contributed by atoms with Crippen LogP contribution in [0.4, 0.5) is 0 Å². The minimum atomic E-state index is 0.0999. The molecule has 0 amide bonds. The normalized spacial score (nSPS) is 10.5. The molecule has 4 nitrogen and oxygen atoms in total. The molecule has 1 N–H and O–H groups in total. The monoisotopic (exact) mass is 247 g/mol. The fraction of sp³-hybridized carbons (Fsp3) is 0.250. The molecule has 0 bridgehead atoms. The van der Waals surface area contributed by atoms with E-state index in [-0.39, 0.29) is 5.78 Å². The van der Waals surface area contributed by atoms with Crippen LogP contribution in [0.3, 0.4) is 0 Å². The Labute approximate surface area is 104 Å². The summed E-state index contributed by atoms with van der Waals surface area (Å²) in [6.45, 7) is 4.04. The molecule has 0 unspecified atom stereocenters. The molecule has 2 rings (SSSR count). The smallest absolute Gasteiger partial charge is 0.208 e. The van der Waals surface area contributed by atoms with Crippen molar-refractivity contribution < 1.29 is 4.79 Å². The molecule has 0 fully saturated rings. The van der Waals surface area contributed by atoms with E-state index in [0.717, 1.165) is 11.1 Å². The zero-order chi connectivity index (χ0) is 12.3. The molecule has 5 heteroatoms. The van der Waals surface area contributed by atoms with Gasteiger partial charge in [-0.3, -0.25) is 9.89 Å². The maximum absolute atomic E-state index is 11.9. The van der Waals surface area contributed by atoms with Crippen molar-refractivity contribution in [2.45, 2.75) is 19.0 Å². The van der Waals surface area contributed by atoms with Crippen LogP contribution in [0.5, 0.6) is 0 Å². The highest BCUT2D eigenvalue weighted by atomic mass is 32.2. The van der Waals surface area contributed by atoms with E-state index in [9.17, 15) is 4.79 Å². The maximum atomic E-state index is 11.9. The first-order chi connectivity index (χ1) is 8.16. The fourth-order valence-corrected chi connectivity index (χ4v) is 2.07. The molecular formula is C12H13N3OS. The quantitative estimate of drug-likeness (QED) is 0.665. The van der Waals surface area contributed by atoms with Gasteiger partial charge in [-0.2, -0.15) is 0 Å². The number of hydrogen-bond acceptors (Lipinski definition) is 4. The van der Waals surface area contributed by atoms with Gasteiger partial charge in [0.05, 0.1) is 5.75 Å². The minimum Gasteiger partial charge on any atom is -0.293 e. The number of Topliss-reactive ketones (excluding diaryl/α,β-unsaturated/α-hetero) is 1. The first-order valence-electron chi connectivity index (χ1n) is 5.26. The topological polar surface area (TPSA) is 58.6 Å². The van der Waals surface area contributed by atoms with Crippen LogP contribution in [-0.2, 0) is 0 Å². The van der Waals surface area contributed by atoms with Crippen molar-refractivity contribution in [3.63, 3.8) is 0 Å². The Morgan fingerprint density at radius 3 is 2.82 bits per heavy atom. The first kappa shape index (κ1) is 11.9. The average molecular weight is 247 g/mol. The third-order valence-corrected chi connectivity index (χ3v) is 3.42. The van der Waals surface area contributed by atoms with Crippen molar-refractivity contribution in [2.24, 2.45) is 0 Å². The number of aromatic amines is 1. The van der Waals surface area contributed by atoms with Crippen molar-refractivity contribution in [3.05, 3.63) is 41.2 Å². The Balaban J connectivity index is 2.02. The Morgan fingerprint density at radius 1 is 1.35 bits per heavy atom. The van der Waals surface area contributed by atoms with Gasteiger partial charge in [0.1, 0.15) is 6.33 Å². The third-order valence-electron chi connectivity index (χ3n) is 2.55. The number of H-pyrrole nitrogens is 1. The Bertz CT molecular complexity index is 523. The molecule has 0 atom stereocenters. The average Bonchev–Trinajstić information content (AvgIpc) is 2.82. The van der Waals surface area contributed by atoms with Crippen LogP contribution < -0.4 is 0 Å². The lowest BCUT2D eigenvalue weighted by Gasteiger charge is -2.03. The lowest BCUT2D eigenvalue weighted by Crippen LogP contribution is -2.03. The van der Waals surface area contributed by atoms with E-state index in [1.807, 2.05) is 32.0 Å². The SMILES string of the molecule is Cc1ccc(C(=O)CSc2nc[nH]n2)cc1C. The second kappa shape index (κ2) is 5.14. The minimum absolute atomic E-state index is 0.0999. The summed E-state index contributed by atoms with van der Waals surface area (Å²) in [4.78, 5) is 15.9. The first-order valence-corrected chi connectivity index (χ1v) is 6.24. The lowest BCUT2D eigenvalue weighted by molar-refractivity contribution is 0.102. The zero-order valence-electron chi connectivity index (χ0n) is 9.73. The van der Waals surface area contributed by atoms with Gasteiger partial charge >= 0.3 is 0 Å². The second-order valence-corrected chi connectivity index (χ2v) is 4.74. The van der Waals surface area contributed by atoms with Crippen LogP contribution in [0.2, 0.25) is 0 Å². The predicted molar refractivity (Wildman–Crippen MR) is 67.4 cm³/mol. The van der Waals surface area contributed by atoms with Gasteiger partial charge in [0.15, 0.2) is 5.78 Å². The molecule has 88 valence electrons. The highest BCUT2D eigenvalue weighted by Crippen LogP contribution is 2.15. The summed E-state index contributed by atoms with van der Waals surface area (Å²) in [6, 6.07) is 5.76. The van der Waals surface area contributed by atoms with Gasteiger partial charge in [0, 0.05) is 5.56 Å². The molecule has 0 aliphatic heterocycles. The summed E-state index contributed by atoms with van der Waals surface area (Å²) in [5, 5.41) is 7.10. The van der Waals surface area contributed by atoms with E-state index in [0.29, 0.717) is 10.9 Å². The summed E-state index contributed by atoms with van der Waals surface area (Å²) < 4.78 is 0. The van der Waals surface area contributed by atoms with Gasteiger partial charge in [0.2, 0.25) is 5.16 Å². The molecule has 2 aromatic rings. The number of carbonyl (C=O) groups is 1. The van der Waals surface area contributed by atoms with Gasteiger partial charge in [-0.1, -0.05) is 23.9 Å². The number of rotatable bonds is 4. The van der Waals surface area contributed by atoms with Gasteiger partial charge in [-0.15, -0.1) is 5.10 Å². The van der Waals surface area contributed by atoms with Gasteiger partial charge in [-0.05, 0) is 31.0 Å². The number of nitrogens with one attached hydrogen (secondary N) is 1. The van der Waals surface area contributed by atoms with Crippen LogP contribution in [-0.4, -0.2) is 26.7 Å². The number of carbonyl (C=O) groups excluding carboxylic acids is 1. The molecule has 0 radical (unpaired) electrons. The number of nitrogens with zero attached hydrogens (tertiary/aromatic N) is 2. The number of thioether (sulfide) groups is 1. The van der Waals surface area contributed by atoms with Crippen molar-refractivity contribution >= 4 is 17.5 Å². The Morgan fingerprint density at radius 2 is 2.18 bits per heavy atom. The molecule has 1 heterocycles. The highest BCUT2D eigenvalue weighted by Gasteiger charge is 2.08. The predicted octanol–water partition coefficient (Wildman–Crippen LogP) is 2.40. The van der Waals surface area contributed by atoms with Gasteiger partial charge in [0.25, 0.3) is 0 Å². The van der Waals surface area contributed by atoms with E-state index in [2.05, 4.69) is 15.2 Å². The lowest BCUT2D eigenvalue weighted by atomic mass is 10.0. The highest BCUT2D eigenvalue weighted by molar-refractivity contribution is 7.99. The molecule has 0 spiro atoms. The van der Waals surface area contributed by atoms with Crippen LogP contribution in [0.1, 0.15) is 21.5 Å². The largest absolute Gasteiger partial charge is 0.293 e. The van der Waals surface area contributed by atoms with E-state index in [1.54, 1.807) is 0 Å². The summed E-state index contributed by atoms with van der Waals surface area (Å²) in [7, 11) is 0.